The number of amides is 2. The number of benzene rings is 2. The van der Waals surface area contributed by atoms with Crippen molar-refractivity contribution in [2.45, 2.75) is 3.79 Å². The Kier molecular flexibility index (Phi) is 6.26. The van der Waals surface area contributed by atoms with Gasteiger partial charge in [-0.3, -0.25) is 14.9 Å². The molecule has 0 radical (unpaired) electrons. The fraction of sp³-hybridized carbons (Fsp3) is 0.111. The molecule has 3 rings (SSSR count). The van der Waals surface area contributed by atoms with Gasteiger partial charge in [-0.25, -0.2) is 0 Å². The molecule has 2 amide bonds. The van der Waals surface area contributed by atoms with Gasteiger partial charge >= 0.3 is 6.01 Å². The molecule has 0 aliphatic carbocycles. The fourth-order valence-corrected chi connectivity index (χ4v) is 2.34. The average Bonchev–Trinajstić information content (AvgIpc) is 3.16. The molecule has 8 nitrogen and oxygen atoms in total. The summed E-state index contributed by atoms with van der Waals surface area (Å²) in [7, 11) is 1.57. The van der Waals surface area contributed by atoms with E-state index in [9.17, 15) is 9.59 Å². The first-order chi connectivity index (χ1) is 13.8. The summed E-state index contributed by atoms with van der Waals surface area (Å²) in [6.07, 6.45) is 0. The molecule has 2 N–H and O–H groups in total. The zero-order valence-electron chi connectivity index (χ0n) is 14.8. The molecule has 150 valence electrons. The average molecular weight is 456 g/mol. The predicted octanol–water partition coefficient (Wildman–Crippen LogP) is 4.31. The van der Waals surface area contributed by atoms with Crippen molar-refractivity contribution in [3.05, 3.63) is 54.1 Å². The molecule has 0 spiro atoms. The molecular formula is C18H13Cl3N4O4. The number of methoxy groups -OCH3 is 1. The Balaban J connectivity index is 1.64. The monoisotopic (exact) mass is 454 g/mol. The van der Waals surface area contributed by atoms with E-state index in [0.29, 0.717) is 22.6 Å². The Hall–Kier alpha value is -2.81. The van der Waals surface area contributed by atoms with Crippen LogP contribution in [0.4, 0.5) is 11.7 Å². The summed E-state index contributed by atoms with van der Waals surface area (Å²) >= 11 is 16.5. The second kappa shape index (κ2) is 8.69. The molecular weight excluding hydrogens is 443 g/mol. The molecule has 0 unspecified atom stereocenters. The number of anilines is 2. The highest BCUT2D eigenvalue weighted by Crippen LogP contribution is 2.28. The van der Waals surface area contributed by atoms with Crippen molar-refractivity contribution in [1.82, 2.24) is 10.2 Å². The van der Waals surface area contributed by atoms with E-state index in [1.54, 1.807) is 31.4 Å². The molecule has 0 aliphatic rings. The van der Waals surface area contributed by atoms with Crippen molar-refractivity contribution in [1.29, 1.82) is 0 Å². The van der Waals surface area contributed by atoms with Gasteiger partial charge in [-0.1, -0.05) is 39.9 Å². The topological polar surface area (TPSA) is 106 Å². The third-order valence-electron chi connectivity index (χ3n) is 3.64. The van der Waals surface area contributed by atoms with Crippen LogP contribution in [0.3, 0.4) is 0 Å². The van der Waals surface area contributed by atoms with Crippen LogP contribution in [-0.2, 0) is 4.79 Å². The van der Waals surface area contributed by atoms with Crippen LogP contribution in [0.15, 0.2) is 52.9 Å². The van der Waals surface area contributed by atoms with Crippen LogP contribution in [0.2, 0.25) is 0 Å². The van der Waals surface area contributed by atoms with E-state index in [2.05, 4.69) is 20.8 Å². The number of aromatic nitrogens is 2. The van der Waals surface area contributed by atoms with Gasteiger partial charge in [-0.05, 0) is 48.5 Å². The molecule has 3 aromatic rings. The van der Waals surface area contributed by atoms with Crippen molar-refractivity contribution in [3.8, 4) is 17.2 Å². The lowest BCUT2D eigenvalue weighted by Crippen LogP contribution is -2.26. The van der Waals surface area contributed by atoms with Gasteiger partial charge in [0.05, 0.1) is 7.11 Å². The number of hydrogen-bond acceptors (Lipinski definition) is 6. The zero-order valence-corrected chi connectivity index (χ0v) is 17.0. The Labute approximate surface area is 180 Å². The highest BCUT2D eigenvalue weighted by atomic mass is 35.6. The van der Waals surface area contributed by atoms with Crippen LogP contribution in [-0.4, -0.2) is 32.9 Å². The van der Waals surface area contributed by atoms with E-state index in [1.165, 1.54) is 24.3 Å². The van der Waals surface area contributed by atoms with Gasteiger partial charge in [0.15, 0.2) is 0 Å². The second-order valence-electron chi connectivity index (χ2n) is 5.62. The maximum Gasteiger partial charge on any atom is 0.322 e. The van der Waals surface area contributed by atoms with Gasteiger partial charge in [-0.15, -0.1) is 5.10 Å². The van der Waals surface area contributed by atoms with Crippen LogP contribution in [0.1, 0.15) is 10.4 Å². The van der Waals surface area contributed by atoms with Gasteiger partial charge < -0.3 is 14.5 Å². The summed E-state index contributed by atoms with van der Waals surface area (Å²) in [4.78, 5) is 24.0. The van der Waals surface area contributed by atoms with Crippen LogP contribution < -0.4 is 15.4 Å². The minimum absolute atomic E-state index is 0.0607. The number of rotatable bonds is 5. The molecule has 0 bridgehead atoms. The van der Waals surface area contributed by atoms with E-state index in [1.807, 2.05) is 0 Å². The Morgan fingerprint density at radius 2 is 1.62 bits per heavy atom. The minimum atomic E-state index is -2.09. The number of hydrogen-bond donors (Lipinski definition) is 2. The molecule has 0 fully saturated rings. The number of carbonyl (C=O) groups excluding carboxylic acids is 2. The van der Waals surface area contributed by atoms with E-state index in [4.69, 9.17) is 44.0 Å². The van der Waals surface area contributed by atoms with E-state index in [-0.39, 0.29) is 11.9 Å². The van der Waals surface area contributed by atoms with Crippen molar-refractivity contribution in [2.75, 3.05) is 17.7 Å². The molecule has 1 heterocycles. The van der Waals surface area contributed by atoms with Crippen molar-refractivity contribution < 1.29 is 18.7 Å². The number of halogens is 3. The number of carbonyl (C=O) groups is 2. The molecule has 11 heteroatoms. The lowest BCUT2D eigenvalue weighted by molar-refractivity contribution is -0.115. The van der Waals surface area contributed by atoms with Crippen LogP contribution in [0, 0.1) is 0 Å². The first-order valence-electron chi connectivity index (χ1n) is 8.04. The number of nitrogens with one attached hydrogen (secondary N) is 2. The van der Waals surface area contributed by atoms with Crippen LogP contribution in [0.5, 0.6) is 5.75 Å². The molecule has 0 saturated heterocycles. The Morgan fingerprint density at radius 3 is 2.21 bits per heavy atom. The quantitative estimate of drug-likeness (QED) is 0.555. The third-order valence-corrected chi connectivity index (χ3v) is 4.16. The summed E-state index contributed by atoms with van der Waals surface area (Å²) in [5, 5.41) is 12.6. The fourth-order valence-electron chi connectivity index (χ4n) is 2.20. The zero-order chi connectivity index (χ0) is 21.0. The lowest BCUT2D eigenvalue weighted by atomic mass is 10.2. The predicted molar refractivity (Wildman–Crippen MR) is 110 cm³/mol. The first kappa shape index (κ1) is 20.9. The Morgan fingerprint density at radius 1 is 0.966 bits per heavy atom. The summed E-state index contributed by atoms with van der Waals surface area (Å²) in [5.41, 5.74) is 1.33. The normalized spacial score (nSPS) is 11.0. The standard InChI is InChI=1S/C18H13Cl3N4O4/c1-28-13-8-4-11(5-9-13)15-24-25-17(29-15)23-14(26)10-2-6-12(7-3-10)22-16(27)18(19,20)21/h2-9H,1H3,(H,22,27)(H,23,25,26). The van der Waals surface area contributed by atoms with E-state index < -0.39 is 15.6 Å². The van der Waals surface area contributed by atoms with E-state index >= 15 is 0 Å². The van der Waals surface area contributed by atoms with Gasteiger partial charge in [0, 0.05) is 16.8 Å². The largest absolute Gasteiger partial charge is 0.497 e. The first-order valence-corrected chi connectivity index (χ1v) is 9.17. The van der Waals surface area contributed by atoms with Gasteiger partial charge in [0.1, 0.15) is 5.75 Å². The van der Waals surface area contributed by atoms with Crippen molar-refractivity contribution in [3.63, 3.8) is 0 Å². The second-order valence-corrected chi connectivity index (χ2v) is 7.91. The SMILES string of the molecule is COc1ccc(-c2nnc(NC(=O)c3ccc(NC(=O)C(Cl)(Cl)Cl)cc3)o2)cc1. The summed E-state index contributed by atoms with van der Waals surface area (Å²) in [5.74, 6) is -0.353. The maximum absolute atomic E-state index is 12.3. The number of alkyl halides is 3. The van der Waals surface area contributed by atoms with Crippen molar-refractivity contribution >= 4 is 58.3 Å². The van der Waals surface area contributed by atoms with E-state index in [0.717, 1.165) is 0 Å². The highest BCUT2D eigenvalue weighted by Gasteiger charge is 2.30. The van der Waals surface area contributed by atoms with Crippen LogP contribution >= 0.6 is 34.8 Å². The van der Waals surface area contributed by atoms with Crippen LogP contribution in [0.25, 0.3) is 11.5 Å². The Bertz CT molecular complexity index is 1010. The molecule has 2 aromatic carbocycles. The number of nitrogens with zero attached hydrogens (tertiary/aromatic N) is 2. The third kappa shape index (κ3) is 5.38. The summed E-state index contributed by atoms with van der Waals surface area (Å²) in [6.45, 7) is 0. The molecule has 0 atom stereocenters. The maximum atomic E-state index is 12.3. The molecule has 29 heavy (non-hydrogen) atoms. The summed E-state index contributed by atoms with van der Waals surface area (Å²) < 4.78 is 8.46. The molecule has 1 aromatic heterocycles. The van der Waals surface area contributed by atoms with Gasteiger partial charge in [-0.2, -0.15) is 0 Å². The van der Waals surface area contributed by atoms with Crippen molar-refractivity contribution in [2.24, 2.45) is 0 Å². The van der Waals surface area contributed by atoms with Gasteiger partial charge in [0.25, 0.3) is 15.6 Å². The minimum Gasteiger partial charge on any atom is -0.497 e. The number of ether oxygens (including phenoxy) is 1. The molecule has 0 saturated carbocycles. The lowest BCUT2D eigenvalue weighted by Gasteiger charge is -2.11. The summed E-state index contributed by atoms with van der Waals surface area (Å²) in [6, 6.07) is 12.9. The smallest absolute Gasteiger partial charge is 0.322 e. The molecule has 0 aliphatic heterocycles. The highest BCUT2D eigenvalue weighted by molar-refractivity contribution is 6.76. The van der Waals surface area contributed by atoms with Gasteiger partial charge in [0.2, 0.25) is 5.89 Å².